The zero-order valence-electron chi connectivity index (χ0n) is 13.7. The Morgan fingerprint density at radius 2 is 1.92 bits per heavy atom. The van der Waals surface area contributed by atoms with Gasteiger partial charge in [-0.25, -0.2) is 9.18 Å². The average molecular weight is 359 g/mol. The van der Waals surface area contributed by atoms with Crippen molar-refractivity contribution in [2.75, 3.05) is 13.6 Å². The number of hydrogen-bond donors (Lipinski definition) is 1. The summed E-state index contributed by atoms with van der Waals surface area (Å²) in [5.41, 5.74) is 0.372. The highest BCUT2D eigenvalue weighted by Gasteiger charge is 2.43. The van der Waals surface area contributed by atoms with E-state index in [1.54, 1.807) is 0 Å². The molecular weight excluding hydrogens is 345 g/mol. The molecule has 1 aromatic carbocycles. The smallest absolute Gasteiger partial charge is 0.339 e. The molecule has 1 amide bonds. The highest BCUT2D eigenvalue weighted by molar-refractivity contribution is 6.43. The molecule has 1 unspecified atom stereocenters. The minimum atomic E-state index is -1.30. The fourth-order valence-corrected chi connectivity index (χ4v) is 2.80. The minimum absolute atomic E-state index is 0.0117. The van der Waals surface area contributed by atoms with Gasteiger partial charge in [0.2, 0.25) is 11.6 Å². The summed E-state index contributed by atoms with van der Waals surface area (Å²) < 4.78 is 18.4. The number of rotatable bonds is 5. The van der Waals surface area contributed by atoms with E-state index in [0.717, 1.165) is 11.0 Å². The number of aromatic carboxylic acids is 1. The number of likely N-dealkylation sites (tertiary alicyclic amines) is 1. The highest BCUT2D eigenvalue weighted by Crippen LogP contribution is 2.24. The molecule has 1 fully saturated rings. The van der Waals surface area contributed by atoms with Crippen LogP contribution in [0.1, 0.15) is 32.2 Å². The lowest BCUT2D eigenvalue weighted by Crippen LogP contribution is -2.23. The predicted octanol–water partition coefficient (Wildman–Crippen LogP) is 1.55. The number of carbonyl (C=O) groups is 4. The molecule has 0 saturated carbocycles. The predicted molar refractivity (Wildman–Crippen MR) is 85.3 cm³/mol. The first-order chi connectivity index (χ1) is 12.3. The van der Waals surface area contributed by atoms with Crippen LogP contribution in [0.15, 0.2) is 34.7 Å². The number of carboxylic acid groups (broad SMARTS) is 1. The monoisotopic (exact) mass is 359 g/mol. The molecule has 1 aliphatic rings. The number of likely N-dealkylation sites (N-methyl/N-ethyl adjacent to an activating group) is 1. The number of halogens is 1. The number of ketones is 2. The standard InChI is InChI=1S/C18H14FNO6/c1-20-8-12(16(22)17(20)23)15(21)14-7-11(18(24)25)13(26-14)6-9-2-4-10(19)5-3-9/h2-5,7,12H,6,8H2,1H3,(H,24,25). The lowest BCUT2D eigenvalue weighted by Gasteiger charge is -2.06. The fourth-order valence-electron chi connectivity index (χ4n) is 2.80. The summed E-state index contributed by atoms with van der Waals surface area (Å²) in [4.78, 5) is 48.5. The molecule has 1 saturated heterocycles. The van der Waals surface area contributed by atoms with Gasteiger partial charge in [-0.05, 0) is 17.7 Å². The van der Waals surface area contributed by atoms with Crippen LogP contribution in [0.3, 0.4) is 0 Å². The molecule has 1 atom stereocenters. The Morgan fingerprint density at radius 1 is 1.27 bits per heavy atom. The number of furan rings is 1. The van der Waals surface area contributed by atoms with Crippen LogP contribution in [0.4, 0.5) is 4.39 Å². The fraction of sp³-hybridized carbons (Fsp3) is 0.222. The molecule has 8 heteroatoms. The molecule has 0 spiro atoms. The maximum atomic E-state index is 13.0. The first kappa shape index (κ1) is 17.5. The van der Waals surface area contributed by atoms with Gasteiger partial charge < -0.3 is 14.4 Å². The maximum absolute atomic E-state index is 13.0. The second-order valence-corrected chi connectivity index (χ2v) is 6.02. The van der Waals surface area contributed by atoms with Gasteiger partial charge in [-0.3, -0.25) is 14.4 Å². The molecule has 0 radical (unpaired) electrons. The number of hydrogen-bond acceptors (Lipinski definition) is 5. The number of carboxylic acids is 1. The van der Waals surface area contributed by atoms with Crippen molar-refractivity contribution in [2.24, 2.45) is 5.92 Å². The lowest BCUT2D eigenvalue weighted by molar-refractivity contribution is -0.139. The van der Waals surface area contributed by atoms with Gasteiger partial charge in [-0.1, -0.05) is 12.1 Å². The van der Waals surface area contributed by atoms with Crippen molar-refractivity contribution in [1.29, 1.82) is 0 Å². The van der Waals surface area contributed by atoms with Crippen LogP contribution in [0.5, 0.6) is 0 Å². The average Bonchev–Trinajstić information content (AvgIpc) is 3.13. The van der Waals surface area contributed by atoms with Crippen LogP contribution in [-0.4, -0.2) is 47.0 Å². The third-order valence-electron chi connectivity index (χ3n) is 4.21. The molecule has 134 valence electrons. The van der Waals surface area contributed by atoms with Gasteiger partial charge in [0.1, 0.15) is 23.1 Å². The van der Waals surface area contributed by atoms with Crippen LogP contribution < -0.4 is 0 Å². The maximum Gasteiger partial charge on any atom is 0.339 e. The third kappa shape index (κ3) is 3.13. The Balaban J connectivity index is 1.91. The Bertz CT molecular complexity index is 914. The van der Waals surface area contributed by atoms with Gasteiger partial charge in [-0.2, -0.15) is 0 Å². The van der Waals surface area contributed by atoms with Crippen molar-refractivity contribution < 1.29 is 33.1 Å². The van der Waals surface area contributed by atoms with Crippen molar-refractivity contribution in [3.05, 3.63) is 58.8 Å². The molecule has 2 aromatic rings. The van der Waals surface area contributed by atoms with E-state index >= 15 is 0 Å². The highest BCUT2D eigenvalue weighted by atomic mass is 19.1. The number of benzene rings is 1. The molecule has 3 rings (SSSR count). The van der Waals surface area contributed by atoms with Crippen molar-refractivity contribution in [2.45, 2.75) is 6.42 Å². The first-order valence-electron chi connectivity index (χ1n) is 7.72. The molecule has 1 N–H and O–H groups in total. The Morgan fingerprint density at radius 3 is 2.46 bits per heavy atom. The summed E-state index contributed by atoms with van der Waals surface area (Å²) in [5.74, 6) is -5.56. The Kier molecular flexibility index (Phi) is 4.41. The van der Waals surface area contributed by atoms with Crippen LogP contribution in [0.2, 0.25) is 0 Å². The van der Waals surface area contributed by atoms with E-state index < -0.39 is 35.2 Å². The Hall–Kier alpha value is -3.29. The van der Waals surface area contributed by atoms with Crippen LogP contribution >= 0.6 is 0 Å². The summed E-state index contributed by atoms with van der Waals surface area (Å²) >= 11 is 0. The summed E-state index contributed by atoms with van der Waals surface area (Å²) in [7, 11) is 1.40. The topological polar surface area (TPSA) is 105 Å². The molecule has 0 aliphatic carbocycles. The van der Waals surface area contributed by atoms with E-state index in [4.69, 9.17) is 4.42 Å². The van der Waals surface area contributed by atoms with Gasteiger partial charge in [0.15, 0.2) is 5.76 Å². The molecule has 2 heterocycles. The van der Waals surface area contributed by atoms with Gasteiger partial charge in [0, 0.05) is 26.1 Å². The quantitative estimate of drug-likeness (QED) is 0.493. The van der Waals surface area contributed by atoms with Crippen LogP contribution in [0.25, 0.3) is 0 Å². The number of carbonyl (C=O) groups excluding carboxylic acids is 3. The van der Waals surface area contributed by atoms with E-state index in [0.29, 0.717) is 5.56 Å². The molecule has 0 bridgehead atoms. The van der Waals surface area contributed by atoms with Crippen molar-refractivity contribution in [1.82, 2.24) is 4.90 Å². The summed E-state index contributed by atoms with van der Waals surface area (Å²) in [5, 5.41) is 9.32. The second kappa shape index (κ2) is 6.55. The third-order valence-corrected chi connectivity index (χ3v) is 4.21. The van der Waals surface area contributed by atoms with Crippen molar-refractivity contribution in [3.63, 3.8) is 0 Å². The van der Waals surface area contributed by atoms with E-state index in [2.05, 4.69) is 0 Å². The minimum Gasteiger partial charge on any atom is -0.478 e. The second-order valence-electron chi connectivity index (χ2n) is 6.02. The lowest BCUT2D eigenvalue weighted by atomic mass is 10.00. The van der Waals surface area contributed by atoms with Crippen LogP contribution in [0, 0.1) is 11.7 Å². The van der Waals surface area contributed by atoms with Crippen LogP contribution in [-0.2, 0) is 16.0 Å². The van der Waals surface area contributed by atoms with Gasteiger partial charge in [0.25, 0.3) is 5.91 Å². The normalized spacial score (nSPS) is 17.0. The van der Waals surface area contributed by atoms with E-state index in [9.17, 15) is 28.7 Å². The largest absolute Gasteiger partial charge is 0.478 e. The van der Waals surface area contributed by atoms with Crippen molar-refractivity contribution in [3.8, 4) is 0 Å². The zero-order valence-corrected chi connectivity index (χ0v) is 13.7. The molecule has 26 heavy (non-hydrogen) atoms. The van der Waals surface area contributed by atoms with E-state index in [-0.39, 0.29) is 30.0 Å². The number of nitrogens with zero attached hydrogens (tertiary/aromatic N) is 1. The summed E-state index contributed by atoms with van der Waals surface area (Å²) in [6.45, 7) is -0.0765. The molecule has 1 aliphatic heterocycles. The summed E-state index contributed by atoms with van der Waals surface area (Å²) in [6, 6.07) is 6.45. The Labute approximate surface area is 147 Å². The molecule has 7 nitrogen and oxygen atoms in total. The van der Waals surface area contributed by atoms with E-state index in [1.807, 2.05) is 0 Å². The van der Waals surface area contributed by atoms with Gasteiger partial charge >= 0.3 is 5.97 Å². The van der Waals surface area contributed by atoms with Gasteiger partial charge in [0.05, 0.1) is 0 Å². The SMILES string of the molecule is CN1CC(C(=O)c2cc(C(=O)O)c(Cc3ccc(F)cc3)o2)C(=O)C1=O. The van der Waals surface area contributed by atoms with Gasteiger partial charge in [-0.15, -0.1) is 0 Å². The molecule has 1 aromatic heterocycles. The molecular formula is C18H14FNO6. The number of amides is 1. The van der Waals surface area contributed by atoms with Crippen molar-refractivity contribution >= 4 is 23.4 Å². The number of Topliss-reactive ketones (excluding diaryl/α,β-unsaturated/α-hetero) is 2. The summed E-state index contributed by atoms with van der Waals surface area (Å²) in [6.07, 6.45) is 0.0344. The zero-order chi connectivity index (χ0) is 19.0. The first-order valence-corrected chi connectivity index (χ1v) is 7.72. The van der Waals surface area contributed by atoms with E-state index in [1.165, 1.54) is 31.3 Å².